The Hall–Kier alpha value is -0.362. The van der Waals surface area contributed by atoms with Gasteiger partial charge >= 0.3 is 67.3 Å². The summed E-state index contributed by atoms with van der Waals surface area (Å²) in [6, 6.07) is 1.86. The van der Waals surface area contributed by atoms with Crippen molar-refractivity contribution in [2.45, 2.75) is 18.6 Å². The molecule has 1 aromatic heterocycles. The van der Waals surface area contributed by atoms with Crippen LogP contribution < -0.4 is 4.61 Å². The Bertz CT molecular complexity index is 186. The second kappa shape index (κ2) is 3.72. The normalized spacial score (nSPS) is 11.5. The Morgan fingerprint density at radius 2 is 1.90 bits per heavy atom. The number of hydrogen-bond acceptors (Lipinski definition) is 2. The van der Waals surface area contributed by atoms with E-state index >= 15 is 0 Å². The first-order valence-electron chi connectivity index (χ1n) is 3.32. The van der Waals surface area contributed by atoms with E-state index in [4.69, 9.17) is 0 Å². The predicted octanol–water partition coefficient (Wildman–Crippen LogP) is 0.367. The number of nitrogens with zero attached hydrogens (tertiary/aromatic N) is 2. The first kappa shape index (κ1) is 7.74. The van der Waals surface area contributed by atoms with Gasteiger partial charge in [-0.15, -0.1) is 0 Å². The maximum absolute atomic E-state index is 4.16. The summed E-state index contributed by atoms with van der Waals surface area (Å²) in [7, 11) is 0. The second-order valence-corrected chi connectivity index (χ2v) is 6.34. The van der Waals surface area contributed by atoms with E-state index in [1.54, 1.807) is 0 Å². The first-order valence-corrected chi connectivity index (χ1v) is 5.58. The summed E-state index contributed by atoms with van der Waals surface area (Å²) in [5.41, 5.74) is 0. The van der Waals surface area contributed by atoms with Gasteiger partial charge < -0.3 is 0 Å². The molecule has 1 atom stereocenters. The van der Waals surface area contributed by atoms with Gasteiger partial charge in [-0.1, -0.05) is 0 Å². The molecule has 1 rings (SSSR count). The average molecular weight is 198 g/mol. The van der Waals surface area contributed by atoms with Gasteiger partial charge in [-0.25, -0.2) is 0 Å². The Kier molecular flexibility index (Phi) is 2.88. The van der Waals surface area contributed by atoms with Crippen molar-refractivity contribution < 1.29 is 0 Å². The molecule has 1 heterocycles. The molecule has 2 nitrogen and oxygen atoms in total. The van der Waals surface area contributed by atoms with E-state index < -0.39 is 0 Å². The van der Waals surface area contributed by atoms with Crippen molar-refractivity contribution in [2.75, 3.05) is 0 Å². The zero-order valence-electron chi connectivity index (χ0n) is 6.20. The summed E-state index contributed by atoms with van der Waals surface area (Å²) < 4.78 is 1.83. The van der Waals surface area contributed by atoms with E-state index in [0.717, 1.165) is 9.32 Å². The van der Waals surface area contributed by atoms with Crippen LogP contribution in [0.5, 0.6) is 0 Å². The van der Waals surface area contributed by atoms with Gasteiger partial charge in [-0.2, -0.15) is 0 Å². The Morgan fingerprint density at radius 3 is 2.40 bits per heavy atom. The van der Waals surface area contributed by atoms with Crippen LogP contribution in [0.3, 0.4) is 0 Å². The van der Waals surface area contributed by atoms with Crippen molar-refractivity contribution in [3.05, 3.63) is 18.5 Å². The Balaban J connectivity index is 2.59. The molecule has 0 saturated heterocycles. The van der Waals surface area contributed by atoms with E-state index in [1.807, 2.05) is 18.5 Å². The van der Waals surface area contributed by atoms with Gasteiger partial charge in [-0.3, -0.25) is 0 Å². The fourth-order valence-corrected chi connectivity index (χ4v) is 2.34. The standard InChI is InChI=1S/C7H11AsN2/c1-6(2)8-7-9-4-3-5-10-7/h3-6,8H,1-2H3. The van der Waals surface area contributed by atoms with E-state index in [0.29, 0.717) is 0 Å². The van der Waals surface area contributed by atoms with Gasteiger partial charge in [0.2, 0.25) is 0 Å². The number of rotatable bonds is 2. The van der Waals surface area contributed by atoms with Crippen LogP contribution in [0.15, 0.2) is 18.5 Å². The average Bonchev–Trinajstić information content (AvgIpc) is 1.88. The monoisotopic (exact) mass is 198 g/mol. The fourth-order valence-electron chi connectivity index (χ4n) is 0.632. The first-order chi connectivity index (χ1) is 4.79. The molecule has 54 valence electrons. The number of aromatic nitrogens is 2. The van der Waals surface area contributed by atoms with E-state index in [9.17, 15) is 0 Å². The third-order valence-corrected chi connectivity index (χ3v) is 3.28. The molecule has 0 aliphatic carbocycles. The molecule has 0 amide bonds. The molecule has 10 heavy (non-hydrogen) atoms. The summed E-state index contributed by atoms with van der Waals surface area (Å²) in [5, 5.41) is 0. The second-order valence-electron chi connectivity index (χ2n) is 2.37. The van der Waals surface area contributed by atoms with Crippen LogP contribution >= 0.6 is 0 Å². The Labute approximate surface area is 67.8 Å². The van der Waals surface area contributed by atoms with Gasteiger partial charge in [0.1, 0.15) is 0 Å². The zero-order valence-corrected chi connectivity index (χ0v) is 8.30. The molecule has 1 aromatic rings. The Morgan fingerprint density at radius 1 is 1.30 bits per heavy atom. The molecule has 0 N–H and O–H groups in total. The van der Waals surface area contributed by atoms with Gasteiger partial charge in [0, 0.05) is 0 Å². The van der Waals surface area contributed by atoms with Crippen molar-refractivity contribution in [1.29, 1.82) is 0 Å². The van der Waals surface area contributed by atoms with Crippen molar-refractivity contribution in [3.63, 3.8) is 0 Å². The zero-order chi connectivity index (χ0) is 7.40. The van der Waals surface area contributed by atoms with Crippen LogP contribution in [-0.4, -0.2) is 25.7 Å². The molecule has 0 aromatic carbocycles. The molecule has 0 saturated carbocycles. The molecule has 0 bridgehead atoms. The molecular formula is C7H11AsN2. The van der Waals surface area contributed by atoms with Crippen molar-refractivity contribution in [3.8, 4) is 0 Å². The van der Waals surface area contributed by atoms with Gasteiger partial charge in [0.05, 0.1) is 0 Å². The van der Waals surface area contributed by atoms with Gasteiger partial charge in [0.25, 0.3) is 0 Å². The summed E-state index contributed by atoms with van der Waals surface area (Å²) in [5.74, 6) is 0. The topological polar surface area (TPSA) is 25.8 Å². The SMILES string of the molecule is CC(C)[AsH]c1ncccn1. The van der Waals surface area contributed by atoms with Gasteiger partial charge in [-0.05, 0) is 0 Å². The van der Waals surface area contributed by atoms with Crippen LogP contribution in [0.25, 0.3) is 0 Å². The van der Waals surface area contributed by atoms with Crippen LogP contribution in [0.2, 0.25) is 4.71 Å². The van der Waals surface area contributed by atoms with E-state index in [-0.39, 0.29) is 15.8 Å². The van der Waals surface area contributed by atoms with Crippen LogP contribution in [0.4, 0.5) is 0 Å². The summed E-state index contributed by atoms with van der Waals surface area (Å²) in [6.07, 6.45) is 3.63. The summed E-state index contributed by atoms with van der Waals surface area (Å²) in [6.45, 7) is 4.44. The van der Waals surface area contributed by atoms with Gasteiger partial charge in [0.15, 0.2) is 0 Å². The molecule has 0 aliphatic heterocycles. The quantitative estimate of drug-likeness (QED) is 0.641. The third-order valence-electron chi connectivity index (χ3n) is 0.984. The molecule has 0 aliphatic rings. The minimum absolute atomic E-state index is 0.0817. The number of hydrogen-bond donors (Lipinski definition) is 0. The van der Waals surface area contributed by atoms with E-state index in [2.05, 4.69) is 23.8 Å². The molecular weight excluding hydrogens is 187 g/mol. The molecule has 3 heteroatoms. The molecule has 0 spiro atoms. The summed E-state index contributed by atoms with van der Waals surface area (Å²) in [4.78, 5) is 8.33. The van der Waals surface area contributed by atoms with Crippen molar-refractivity contribution >= 4 is 20.4 Å². The van der Waals surface area contributed by atoms with Crippen LogP contribution in [0.1, 0.15) is 13.8 Å². The minimum atomic E-state index is -0.0817. The summed E-state index contributed by atoms with van der Waals surface area (Å²) >= 11 is -0.0817. The van der Waals surface area contributed by atoms with Crippen LogP contribution in [-0.2, 0) is 0 Å². The van der Waals surface area contributed by atoms with Crippen LogP contribution in [0, 0.1) is 0 Å². The predicted molar refractivity (Wildman–Crippen MR) is 43.9 cm³/mol. The fraction of sp³-hybridized carbons (Fsp3) is 0.429. The van der Waals surface area contributed by atoms with Crippen molar-refractivity contribution in [1.82, 2.24) is 9.97 Å². The van der Waals surface area contributed by atoms with E-state index in [1.165, 1.54) is 0 Å². The molecule has 0 radical (unpaired) electrons. The molecule has 1 unspecified atom stereocenters. The molecule has 0 fully saturated rings. The third kappa shape index (κ3) is 2.49. The maximum atomic E-state index is 4.16. The van der Waals surface area contributed by atoms with Crippen molar-refractivity contribution in [2.24, 2.45) is 0 Å².